The molecule has 0 bridgehead atoms. The van der Waals surface area contributed by atoms with E-state index in [4.69, 9.17) is 21.1 Å². The van der Waals surface area contributed by atoms with Crippen molar-refractivity contribution in [3.63, 3.8) is 0 Å². The first-order chi connectivity index (χ1) is 19.9. The Morgan fingerprint density at radius 3 is 1.83 bits per heavy atom. The molecule has 0 spiro atoms. The Balaban J connectivity index is 1.42. The number of benzene rings is 5. The van der Waals surface area contributed by atoms with Crippen LogP contribution >= 0.6 is 11.6 Å². The first-order valence-corrected chi connectivity index (χ1v) is 14.4. The summed E-state index contributed by atoms with van der Waals surface area (Å²) in [6, 6.07) is 37.5. The van der Waals surface area contributed by atoms with Crippen LogP contribution in [-0.4, -0.2) is 20.9 Å². The number of halogens is 1. The van der Waals surface area contributed by atoms with Gasteiger partial charge in [0.1, 0.15) is 23.8 Å². The maximum atomic E-state index is 13.7. The van der Waals surface area contributed by atoms with Gasteiger partial charge >= 0.3 is 0 Å². The number of amides is 1. The summed E-state index contributed by atoms with van der Waals surface area (Å²) in [5.41, 5.74) is 0.589. The van der Waals surface area contributed by atoms with Gasteiger partial charge in [0.15, 0.2) is 5.75 Å². The highest BCUT2D eigenvalue weighted by molar-refractivity contribution is 7.92. The predicted octanol–water partition coefficient (Wildman–Crippen LogP) is 7.76. The van der Waals surface area contributed by atoms with Gasteiger partial charge in [-0.3, -0.25) is 9.10 Å². The number of nitrogens with zero attached hydrogens (tertiary/aromatic N) is 1. The second-order valence-electron chi connectivity index (χ2n) is 8.84. The van der Waals surface area contributed by atoms with E-state index in [9.17, 15) is 13.2 Å². The Labute approximate surface area is 243 Å². The molecule has 0 saturated carbocycles. The molecule has 5 rings (SSSR count). The monoisotopic (exact) mass is 584 g/mol. The SMILES string of the molecule is O=C(CN(c1ccc(Oc2ccccc2)cc1)S(=O)(=O)c1ccccc1)Nc1cc(Cl)ccc1Oc1ccccc1. The molecule has 5 aromatic rings. The molecular weight excluding hydrogens is 560 g/mol. The van der Waals surface area contributed by atoms with E-state index in [-0.39, 0.29) is 10.6 Å². The highest BCUT2D eigenvalue weighted by Crippen LogP contribution is 2.33. The molecule has 0 radical (unpaired) electrons. The van der Waals surface area contributed by atoms with Gasteiger partial charge < -0.3 is 14.8 Å². The predicted molar refractivity (Wildman–Crippen MR) is 161 cm³/mol. The molecule has 0 fully saturated rings. The minimum Gasteiger partial charge on any atom is -0.457 e. The zero-order valence-electron chi connectivity index (χ0n) is 21.7. The summed E-state index contributed by atoms with van der Waals surface area (Å²) >= 11 is 6.21. The van der Waals surface area contributed by atoms with Crippen LogP contribution < -0.4 is 19.1 Å². The van der Waals surface area contributed by atoms with Crippen LogP contribution in [0.25, 0.3) is 0 Å². The Morgan fingerprint density at radius 1 is 0.683 bits per heavy atom. The molecule has 0 unspecified atom stereocenters. The third-order valence-electron chi connectivity index (χ3n) is 5.91. The normalized spacial score (nSPS) is 11.0. The van der Waals surface area contributed by atoms with Crippen LogP contribution in [0.2, 0.25) is 5.02 Å². The fraction of sp³-hybridized carbons (Fsp3) is 0.0312. The number of hydrogen-bond acceptors (Lipinski definition) is 5. The van der Waals surface area contributed by atoms with Crippen molar-refractivity contribution >= 4 is 38.9 Å². The second-order valence-corrected chi connectivity index (χ2v) is 11.1. The Bertz CT molecular complexity index is 1720. The van der Waals surface area contributed by atoms with E-state index >= 15 is 0 Å². The number of sulfonamides is 1. The molecule has 1 N–H and O–H groups in total. The van der Waals surface area contributed by atoms with Crippen LogP contribution in [0.3, 0.4) is 0 Å². The number of hydrogen-bond donors (Lipinski definition) is 1. The number of carbonyl (C=O) groups excluding carboxylic acids is 1. The van der Waals surface area contributed by atoms with Gasteiger partial charge in [-0.25, -0.2) is 8.42 Å². The van der Waals surface area contributed by atoms with E-state index < -0.39 is 22.5 Å². The summed E-state index contributed by atoms with van der Waals surface area (Å²) < 4.78 is 40.3. The van der Waals surface area contributed by atoms with Crippen molar-refractivity contribution in [3.05, 3.63) is 138 Å². The van der Waals surface area contributed by atoms with E-state index in [1.54, 1.807) is 72.8 Å². The lowest BCUT2D eigenvalue weighted by Gasteiger charge is -2.24. The lowest BCUT2D eigenvalue weighted by atomic mass is 10.2. The maximum Gasteiger partial charge on any atom is 0.264 e. The van der Waals surface area contributed by atoms with Crippen molar-refractivity contribution in [1.82, 2.24) is 0 Å². The lowest BCUT2D eigenvalue weighted by molar-refractivity contribution is -0.114. The third kappa shape index (κ3) is 7.05. The van der Waals surface area contributed by atoms with Gasteiger partial charge in [0.05, 0.1) is 16.3 Å². The van der Waals surface area contributed by atoms with Crippen LogP contribution in [0.15, 0.2) is 138 Å². The highest BCUT2D eigenvalue weighted by atomic mass is 35.5. The van der Waals surface area contributed by atoms with Crippen LogP contribution in [0.1, 0.15) is 0 Å². The van der Waals surface area contributed by atoms with Gasteiger partial charge in [-0.15, -0.1) is 0 Å². The minimum absolute atomic E-state index is 0.0493. The van der Waals surface area contributed by atoms with Crippen molar-refractivity contribution in [2.45, 2.75) is 4.90 Å². The zero-order valence-corrected chi connectivity index (χ0v) is 23.3. The molecule has 0 aromatic heterocycles. The first kappa shape index (κ1) is 27.8. The molecule has 1 amide bonds. The van der Waals surface area contributed by atoms with Crippen molar-refractivity contribution in [3.8, 4) is 23.0 Å². The summed E-state index contributed by atoms with van der Waals surface area (Å²) in [6.07, 6.45) is 0. The summed E-state index contributed by atoms with van der Waals surface area (Å²) in [5, 5.41) is 3.14. The van der Waals surface area contributed by atoms with E-state index in [1.165, 1.54) is 12.1 Å². The second kappa shape index (κ2) is 12.6. The van der Waals surface area contributed by atoms with Gasteiger partial charge in [-0.05, 0) is 78.9 Å². The van der Waals surface area contributed by atoms with E-state index in [2.05, 4.69) is 5.32 Å². The van der Waals surface area contributed by atoms with E-state index in [0.29, 0.717) is 33.7 Å². The number of ether oxygens (including phenoxy) is 2. The average molecular weight is 585 g/mol. The minimum atomic E-state index is -4.11. The molecule has 0 aliphatic heterocycles. The molecule has 7 nitrogen and oxygen atoms in total. The van der Waals surface area contributed by atoms with Crippen molar-refractivity contribution < 1.29 is 22.7 Å². The fourth-order valence-electron chi connectivity index (χ4n) is 3.96. The molecule has 0 aliphatic carbocycles. The van der Waals surface area contributed by atoms with Crippen molar-refractivity contribution in [2.24, 2.45) is 0 Å². The highest BCUT2D eigenvalue weighted by Gasteiger charge is 2.27. The summed E-state index contributed by atoms with van der Waals surface area (Å²) in [6.45, 7) is -0.507. The number of nitrogens with one attached hydrogen (secondary N) is 1. The van der Waals surface area contributed by atoms with Crippen molar-refractivity contribution in [2.75, 3.05) is 16.2 Å². The summed E-state index contributed by atoms with van der Waals surface area (Å²) in [5.74, 6) is 1.49. The molecule has 206 valence electrons. The zero-order chi connectivity index (χ0) is 28.7. The molecule has 0 atom stereocenters. The van der Waals surface area contributed by atoms with Crippen LogP contribution in [0, 0.1) is 0 Å². The van der Waals surface area contributed by atoms with Crippen molar-refractivity contribution in [1.29, 1.82) is 0 Å². The molecule has 5 aromatic carbocycles. The Hall–Kier alpha value is -4.79. The Morgan fingerprint density at radius 2 is 1.22 bits per heavy atom. The first-order valence-electron chi connectivity index (χ1n) is 12.6. The molecule has 9 heteroatoms. The molecular formula is C32H25ClN2O5S. The van der Waals surface area contributed by atoms with Gasteiger partial charge in [0, 0.05) is 5.02 Å². The maximum absolute atomic E-state index is 13.7. The largest absolute Gasteiger partial charge is 0.457 e. The van der Waals surface area contributed by atoms with Crippen LogP contribution in [0.4, 0.5) is 11.4 Å². The van der Waals surface area contributed by atoms with E-state index in [0.717, 1.165) is 4.31 Å². The molecule has 0 heterocycles. The molecule has 0 aliphatic rings. The quantitative estimate of drug-likeness (QED) is 0.181. The fourth-order valence-corrected chi connectivity index (χ4v) is 5.58. The smallest absolute Gasteiger partial charge is 0.264 e. The van der Waals surface area contributed by atoms with Gasteiger partial charge in [0.25, 0.3) is 10.0 Å². The average Bonchev–Trinajstić information content (AvgIpc) is 2.99. The van der Waals surface area contributed by atoms with Crippen LogP contribution in [-0.2, 0) is 14.8 Å². The molecule has 0 saturated heterocycles. The van der Waals surface area contributed by atoms with Gasteiger partial charge in [-0.2, -0.15) is 0 Å². The number of para-hydroxylation sites is 2. The lowest BCUT2D eigenvalue weighted by Crippen LogP contribution is -2.38. The summed E-state index contributed by atoms with van der Waals surface area (Å²) in [7, 11) is -4.11. The third-order valence-corrected chi connectivity index (χ3v) is 7.93. The van der Waals surface area contributed by atoms with Crippen LogP contribution in [0.5, 0.6) is 23.0 Å². The van der Waals surface area contributed by atoms with Gasteiger partial charge in [0.2, 0.25) is 5.91 Å². The van der Waals surface area contributed by atoms with Gasteiger partial charge in [-0.1, -0.05) is 66.2 Å². The Kier molecular flexibility index (Phi) is 8.53. The summed E-state index contributed by atoms with van der Waals surface area (Å²) in [4.78, 5) is 13.4. The molecule has 41 heavy (non-hydrogen) atoms. The topological polar surface area (TPSA) is 84.9 Å². The number of carbonyl (C=O) groups is 1. The number of anilines is 2. The van der Waals surface area contributed by atoms with E-state index in [1.807, 2.05) is 48.5 Å². The standard InChI is InChI=1S/C32H25ClN2O5S/c33-24-16-21-31(40-27-12-6-2-7-13-27)30(22-24)34-32(36)23-35(41(37,38)29-14-8-3-9-15-29)25-17-19-28(20-18-25)39-26-10-4-1-5-11-26/h1-22H,23H2,(H,34,36). The number of rotatable bonds is 10.